The van der Waals surface area contributed by atoms with Gasteiger partial charge in [0.15, 0.2) is 5.79 Å². The molecular formula is C23H28O3. The molecule has 0 N–H and O–H groups in total. The van der Waals surface area contributed by atoms with Gasteiger partial charge in [-0.3, -0.25) is 0 Å². The third kappa shape index (κ3) is 3.85. The summed E-state index contributed by atoms with van der Waals surface area (Å²) in [6, 6.07) is 21.2. The number of hydrogen-bond donors (Lipinski definition) is 0. The van der Waals surface area contributed by atoms with Gasteiger partial charge in [-0.05, 0) is 43.7 Å². The Labute approximate surface area is 156 Å². The smallest absolute Gasteiger partial charge is 0.171 e. The zero-order chi connectivity index (χ0) is 17.8. The van der Waals surface area contributed by atoms with Crippen molar-refractivity contribution in [2.75, 3.05) is 13.2 Å². The minimum absolute atomic E-state index is 0.0221. The number of benzene rings is 2. The lowest BCUT2D eigenvalue weighted by atomic mass is 9.81. The van der Waals surface area contributed by atoms with E-state index in [0.717, 1.165) is 25.7 Å². The van der Waals surface area contributed by atoms with Crippen molar-refractivity contribution in [2.24, 2.45) is 5.92 Å². The van der Waals surface area contributed by atoms with E-state index in [1.54, 1.807) is 0 Å². The van der Waals surface area contributed by atoms with Crippen molar-refractivity contribution in [3.63, 3.8) is 0 Å². The van der Waals surface area contributed by atoms with Crippen molar-refractivity contribution in [3.8, 4) is 0 Å². The largest absolute Gasteiger partial charge is 0.370 e. The Morgan fingerprint density at radius 2 is 1.54 bits per heavy atom. The molecule has 138 valence electrons. The van der Waals surface area contributed by atoms with Crippen molar-refractivity contribution in [3.05, 3.63) is 71.8 Å². The van der Waals surface area contributed by atoms with Crippen LogP contribution < -0.4 is 0 Å². The van der Waals surface area contributed by atoms with Crippen molar-refractivity contribution < 1.29 is 14.2 Å². The summed E-state index contributed by atoms with van der Waals surface area (Å²) in [5.74, 6) is -0.314. The Kier molecular flexibility index (Phi) is 5.39. The standard InChI is InChI=1S/C23H28O3/c1-23(24-16-17-25-23)21-15-14-20(13-12-18-8-4-2-5-9-18)26-22(21)19-10-6-3-7-11-19/h2-11,20-22H,12-17H2,1H3/t20-,21-,22+/m0/s1. The first-order chi connectivity index (χ1) is 12.7. The molecule has 0 saturated carbocycles. The van der Waals surface area contributed by atoms with Gasteiger partial charge in [-0.1, -0.05) is 60.7 Å². The lowest BCUT2D eigenvalue weighted by molar-refractivity contribution is -0.236. The highest BCUT2D eigenvalue weighted by molar-refractivity contribution is 5.20. The fourth-order valence-corrected chi connectivity index (χ4v) is 4.31. The van der Waals surface area contributed by atoms with Crippen LogP contribution in [0.15, 0.2) is 60.7 Å². The quantitative estimate of drug-likeness (QED) is 0.764. The number of ether oxygens (including phenoxy) is 3. The molecule has 2 aromatic rings. The van der Waals surface area contributed by atoms with Crippen LogP contribution in [0.25, 0.3) is 0 Å². The summed E-state index contributed by atoms with van der Waals surface area (Å²) in [5, 5.41) is 0. The van der Waals surface area contributed by atoms with Gasteiger partial charge < -0.3 is 14.2 Å². The predicted octanol–water partition coefficient (Wildman–Crippen LogP) is 4.92. The van der Waals surface area contributed by atoms with Gasteiger partial charge in [-0.2, -0.15) is 0 Å². The van der Waals surface area contributed by atoms with Gasteiger partial charge in [0, 0.05) is 5.92 Å². The number of aryl methyl sites for hydroxylation is 1. The van der Waals surface area contributed by atoms with Crippen molar-refractivity contribution >= 4 is 0 Å². The molecule has 4 rings (SSSR count). The van der Waals surface area contributed by atoms with Crippen molar-refractivity contribution in [2.45, 2.75) is 50.6 Å². The van der Waals surface area contributed by atoms with Gasteiger partial charge in [-0.15, -0.1) is 0 Å². The zero-order valence-corrected chi connectivity index (χ0v) is 15.5. The lowest BCUT2D eigenvalue weighted by Gasteiger charge is -2.43. The van der Waals surface area contributed by atoms with E-state index in [1.807, 2.05) is 0 Å². The van der Waals surface area contributed by atoms with Crippen LogP contribution in [0.5, 0.6) is 0 Å². The predicted molar refractivity (Wildman–Crippen MR) is 102 cm³/mol. The molecule has 0 aromatic heterocycles. The van der Waals surface area contributed by atoms with Crippen LogP contribution in [0.2, 0.25) is 0 Å². The first-order valence-electron chi connectivity index (χ1n) is 9.77. The van der Waals surface area contributed by atoms with Crippen molar-refractivity contribution in [1.82, 2.24) is 0 Å². The molecule has 0 amide bonds. The first kappa shape index (κ1) is 17.7. The van der Waals surface area contributed by atoms with E-state index in [-0.39, 0.29) is 18.1 Å². The fourth-order valence-electron chi connectivity index (χ4n) is 4.31. The van der Waals surface area contributed by atoms with Crippen LogP contribution in [-0.4, -0.2) is 25.1 Å². The third-order valence-electron chi connectivity index (χ3n) is 5.76. The maximum atomic E-state index is 6.62. The third-order valence-corrected chi connectivity index (χ3v) is 5.76. The normalized spacial score (nSPS) is 28.1. The van der Waals surface area contributed by atoms with Crippen LogP contribution in [-0.2, 0) is 20.6 Å². The van der Waals surface area contributed by atoms with E-state index in [2.05, 4.69) is 67.6 Å². The molecule has 2 aliphatic heterocycles. The van der Waals surface area contributed by atoms with E-state index in [0.29, 0.717) is 13.2 Å². The van der Waals surface area contributed by atoms with Gasteiger partial charge in [0.2, 0.25) is 0 Å². The molecule has 2 aliphatic rings. The monoisotopic (exact) mass is 352 g/mol. The van der Waals surface area contributed by atoms with E-state index >= 15 is 0 Å². The summed E-state index contributed by atoms with van der Waals surface area (Å²) < 4.78 is 18.6. The van der Waals surface area contributed by atoms with Gasteiger partial charge >= 0.3 is 0 Å². The Hall–Kier alpha value is -1.68. The lowest BCUT2D eigenvalue weighted by Crippen LogP contribution is -2.44. The molecular weight excluding hydrogens is 324 g/mol. The molecule has 2 saturated heterocycles. The average Bonchev–Trinajstić information content (AvgIpc) is 3.15. The topological polar surface area (TPSA) is 27.7 Å². The number of hydrogen-bond acceptors (Lipinski definition) is 3. The summed E-state index contributed by atoms with van der Waals surface area (Å²) in [6.07, 6.45) is 4.54. The molecule has 3 nitrogen and oxygen atoms in total. The Morgan fingerprint density at radius 3 is 2.23 bits per heavy atom. The van der Waals surface area contributed by atoms with Crippen molar-refractivity contribution in [1.29, 1.82) is 0 Å². The Morgan fingerprint density at radius 1 is 0.885 bits per heavy atom. The minimum Gasteiger partial charge on any atom is -0.370 e. The molecule has 0 spiro atoms. The molecule has 2 fully saturated rings. The molecule has 26 heavy (non-hydrogen) atoms. The van der Waals surface area contributed by atoms with Crippen LogP contribution in [0, 0.1) is 5.92 Å². The molecule has 0 unspecified atom stereocenters. The molecule has 2 heterocycles. The average molecular weight is 352 g/mol. The SMILES string of the molecule is CC1([C@H]2CC[C@H](CCc3ccccc3)O[C@@H]2c2ccccc2)OCCO1. The molecule has 3 heteroatoms. The van der Waals surface area contributed by atoms with Gasteiger partial charge in [0.25, 0.3) is 0 Å². The summed E-state index contributed by atoms with van der Waals surface area (Å²) >= 11 is 0. The van der Waals surface area contributed by atoms with Gasteiger partial charge in [-0.25, -0.2) is 0 Å². The Bertz CT molecular complexity index is 679. The highest BCUT2D eigenvalue weighted by Gasteiger charge is 2.47. The molecule has 2 aromatic carbocycles. The summed E-state index contributed by atoms with van der Waals surface area (Å²) in [4.78, 5) is 0. The van der Waals surface area contributed by atoms with Crippen LogP contribution >= 0.6 is 0 Å². The zero-order valence-electron chi connectivity index (χ0n) is 15.5. The summed E-state index contributed by atoms with van der Waals surface area (Å²) in [5.41, 5.74) is 2.60. The fraction of sp³-hybridized carbons (Fsp3) is 0.478. The van der Waals surface area contributed by atoms with E-state index in [9.17, 15) is 0 Å². The second-order valence-corrected chi connectivity index (χ2v) is 7.51. The summed E-state index contributed by atoms with van der Waals surface area (Å²) in [7, 11) is 0. The summed E-state index contributed by atoms with van der Waals surface area (Å²) in [6.45, 7) is 3.42. The molecule has 0 aliphatic carbocycles. The van der Waals surface area contributed by atoms with Crippen LogP contribution in [0.4, 0.5) is 0 Å². The van der Waals surface area contributed by atoms with Gasteiger partial charge in [0.1, 0.15) is 0 Å². The van der Waals surface area contributed by atoms with E-state index < -0.39 is 5.79 Å². The van der Waals surface area contributed by atoms with E-state index in [4.69, 9.17) is 14.2 Å². The van der Waals surface area contributed by atoms with Crippen LogP contribution in [0.1, 0.15) is 43.4 Å². The second kappa shape index (κ2) is 7.91. The second-order valence-electron chi connectivity index (χ2n) is 7.51. The molecule has 0 radical (unpaired) electrons. The first-order valence-corrected chi connectivity index (χ1v) is 9.77. The maximum Gasteiger partial charge on any atom is 0.171 e. The highest BCUT2D eigenvalue weighted by atomic mass is 16.7. The Balaban J connectivity index is 1.48. The maximum absolute atomic E-state index is 6.62. The molecule has 0 bridgehead atoms. The van der Waals surface area contributed by atoms with E-state index in [1.165, 1.54) is 11.1 Å². The minimum atomic E-state index is -0.537. The highest BCUT2D eigenvalue weighted by Crippen LogP contribution is 2.46. The van der Waals surface area contributed by atoms with Crippen LogP contribution in [0.3, 0.4) is 0 Å². The number of rotatable bonds is 5. The van der Waals surface area contributed by atoms with Gasteiger partial charge in [0.05, 0.1) is 25.4 Å². The molecule has 3 atom stereocenters.